The first kappa shape index (κ1) is 18.8. The second-order valence-corrected chi connectivity index (χ2v) is 5.82. The van der Waals surface area contributed by atoms with E-state index in [0.717, 1.165) is 11.1 Å². The van der Waals surface area contributed by atoms with Crippen molar-refractivity contribution in [1.82, 2.24) is 0 Å². The maximum absolute atomic E-state index is 12.2. The Balaban J connectivity index is 1.58. The van der Waals surface area contributed by atoms with Crippen LogP contribution < -0.4 is 5.32 Å². The molecule has 0 bridgehead atoms. The fourth-order valence-electron chi connectivity index (χ4n) is 2.56. The lowest BCUT2D eigenvalue weighted by Gasteiger charge is -2.10. The summed E-state index contributed by atoms with van der Waals surface area (Å²) in [7, 11) is 0. The molecule has 28 heavy (non-hydrogen) atoms. The molecule has 0 saturated heterocycles. The first-order chi connectivity index (χ1) is 13.6. The van der Waals surface area contributed by atoms with Crippen LogP contribution in [0.5, 0.6) is 0 Å². The number of carbonyl (C=O) groups is 1. The SMILES string of the molecule is O=C(CO/N=C\c1cccc([N+](=O)[O-])c1)Nc1ccccc1-c1ccccc1. The van der Waals surface area contributed by atoms with Gasteiger partial charge in [-0.2, -0.15) is 0 Å². The van der Waals surface area contributed by atoms with Gasteiger partial charge in [0.1, 0.15) is 0 Å². The van der Waals surface area contributed by atoms with Crippen LogP contribution in [0.4, 0.5) is 11.4 Å². The van der Waals surface area contributed by atoms with Crippen molar-refractivity contribution >= 4 is 23.5 Å². The predicted octanol–water partition coefficient (Wildman–Crippen LogP) is 4.25. The number of rotatable bonds is 7. The Morgan fingerprint density at radius 3 is 2.57 bits per heavy atom. The van der Waals surface area contributed by atoms with Gasteiger partial charge in [-0.25, -0.2) is 0 Å². The zero-order valence-corrected chi connectivity index (χ0v) is 14.8. The first-order valence-electron chi connectivity index (χ1n) is 8.47. The fourth-order valence-corrected chi connectivity index (χ4v) is 2.56. The van der Waals surface area contributed by atoms with Crippen LogP contribution in [0.1, 0.15) is 5.56 Å². The molecule has 0 spiro atoms. The molecule has 0 radical (unpaired) electrons. The summed E-state index contributed by atoms with van der Waals surface area (Å²) in [5, 5.41) is 17.3. The number of nitro benzene ring substituents is 1. The number of hydrogen-bond acceptors (Lipinski definition) is 5. The van der Waals surface area contributed by atoms with Gasteiger partial charge in [0, 0.05) is 28.9 Å². The van der Waals surface area contributed by atoms with Gasteiger partial charge in [-0.1, -0.05) is 65.8 Å². The number of non-ortho nitro benzene ring substituents is 1. The van der Waals surface area contributed by atoms with Gasteiger partial charge in [-0.15, -0.1) is 0 Å². The van der Waals surface area contributed by atoms with E-state index in [2.05, 4.69) is 10.5 Å². The summed E-state index contributed by atoms with van der Waals surface area (Å²) < 4.78 is 0. The van der Waals surface area contributed by atoms with E-state index < -0.39 is 4.92 Å². The van der Waals surface area contributed by atoms with E-state index in [4.69, 9.17) is 4.84 Å². The number of nitrogens with zero attached hydrogens (tertiary/aromatic N) is 2. The molecule has 3 aromatic rings. The summed E-state index contributed by atoms with van der Waals surface area (Å²) in [6.07, 6.45) is 1.32. The molecule has 0 unspecified atom stereocenters. The standard InChI is InChI=1S/C21H17N3O4/c25-21(15-28-22-14-16-7-6-10-18(13-16)24(26)27)23-20-12-5-4-11-19(20)17-8-2-1-3-9-17/h1-14H,15H2,(H,23,25)/b22-14-. The number of anilines is 1. The first-order valence-corrected chi connectivity index (χ1v) is 8.47. The van der Waals surface area contributed by atoms with Crippen LogP contribution in [-0.4, -0.2) is 23.7 Å². The van der Waals surface area contributed by atoms with Gasteiger partial charge in [0.2, 0.25) is 0 Å². The van der Waals surface area contributed by atoms with E-state index in [1.807, 2.05) is 54.6 Å². The fraction of sp³-hybridized carbons (Fsp3) is 0.0476. The molecule has 3 aromatic carbocycles. The van der Waals surface area contributed by atoms with Gasteiger partial charge in [0.15, 0.2) is 6.61 Å². The smallest absolute Gasteiger partial charge is 0.270 e. The minimum Gasteiger partial charge on any atom is -0.386 e. The molecular formula is C21H17N3O4. The second-order valence-electron chi connectivity index (χ2n) is 5.82. The van der Waals surface area contributed by atoms with Gasteiger partial charge in [-0.05, 0) is 11.6 Å². The highest BCUT2D eigenvalue weighted by Gasteiger charge is 2.08. The van der Waals surface area contributed by atoms with Crippen LogP contribution in [0.25, 0.3) is 11.1 Å². The lowest BCUT2D eigenvalue weighted by molar-refractivity contribution is -0.384. The molecule has 3 rings (SSSR count). The third-order valence-corrected chi connectivity index (χ3v) is 3.84. The maximum Gasteiger partial charge on any atom is 0.270 e. The Hall–Kier alpha value is -4.00. The third kappa shape index (κ3) is 5.01. The molecule has 1 amide bonds. The largest absolute Gasteiger partial charge is 0.386 e. The lowest BCUT2D eigenvalue weighted by atomic mass is 10.0. The summed E-state index contributed by atoms with van der Waals surface area (Å²) >= 11 is 0. The summed E-state index contributed by atoms with van der Waals surface area (Å²) in [5.74, 6) is -0.362. The number of nitrogens with one attached hydrogen (secondary N) is 1. The Morgan fingerprint density at radius 1 is 1.04 bits per heavy atom. The molecule has 0 aliphatic heterocycles. The molecule has 1 N–H and O–H groups in total. The van der Waals surface area contributed by atoms with Crippen molar-refractivity contribution in [3.8, 4) is 11.1 Å². The number of amides is 1. The van der Waals surface area contributed by atoms with Crippen molar-refractivity contribution < 1.29 is 14.6 Å². The van der Waals surface area contributed by atoms with Crippen molar-refractivity contribution in [2.75, 3.05) is 11.9 Å². The summed E-state index contributed by atoms with van der Waals surface area (Å²) in [5.41, 5.74) is 3.02. The third-order valence-electron chi connectivity index (χ3n) is 3.84. The quantitative estimate of drug-likeness (QED) is 0.379. The Labute approximate surface area is 161 Å². The molecule has 0 aromatic heterocycles. The van der Waals surface area contributed by atoms with Crippen LogP contribution in [0, 0.1) is 10.1 Å². The molecule has 0 fully saturated rings. The van der Waals surface area contributed by atoms with Crippen molar-refractivity contribution in [3.63, 3.8) is 0 Å². The van der Waals surface area contributed by atoms with Crippen LogP contribution in [0.15, 0.2) is 84.0 Å². The molecule has 140 valence electrons. The minimum absolute atomic E-state index is 0.0424. The average Bonchev–Trinajstić information content (AvgIpc) is 2.72. The maximum atomic E-state index is 12.2. The van der Waals surface area contributed by atoms with Gasteiger partial charge >= 0.3 is 0 Å². The van der Waals surface area contributed by atoms with Gasteiger partial charge in [0.05, 0.1) is 11.1 Å². The molecule has 7 heteroatoms. The predicted molar refractivity (Wildman–Crippen MR) is 107 cm³/mol. The van der Waals surface area contributed by atoms with E-state index in [0.29, 0.717) is 11.3 Å². The molecule has 0 saturated carbocycles. The van der Waals surface area contributed by atoms with E-state index in [1.165, 1.54) is 18.3 Å². The summed E-state index contributed by atoms with van der Waals surface area (Å²) in [6, 6.07) is 23.1. The minimum atomic E-state index is -0.490. The molecule has 0 aliphatic rings. The Kier molecular flexibility index (Phi) is 6.10. The van der Waals surface area contributed by atoms with E-state index in [-0.39, 0.29) is 18.2 Å². The molecule has 0 aliphatic carbocycles. The highest BCUT2D eigenvalue weighted by Crippen LogP contribution is 2.27. The van der Waals surface area contributed by atoms with Crippen LogP contribution >= 0.6 is 0 Å². The van der Waals surface area contributed by atoms with Gasteiger partial charge in [-0.3, -0.25) is 14.9 Å². The van der Waals surface area contributed by atoms with Crippen LogP contribution in [-0.2, 0) is 9.63 Å². The second kappa shape index (κ2) is 9.09. The zero-order chi connectivity index (χ0) is 19.8. The molecule has 0 heterocycles. The number of oxime groups is 1. The van der Waals surface area contributed by atoms with Crippen LogP contribution in [0.2, 0.25) is 0 Å². The average molecular weight is 375 g/mol. The summed E-state index contributed by atoms with van der Waals surface area (Å²) in [6.45, 7) is -0.283. The van der Waals surface area contributed by atoms with Crippen molar-refractivity contribution in [1.29, 1.82) is 0 Å². The van der Waals surface area contributed by atoms with Gasteiger partial charge < -0.3 is 10.2 Å². The van der Waals surface area contributed by atoms with E-state index >= 15 is 0 Å². The number of benzene rings is 3. The number of carbonyl (C=O) groups excluding carboxylic acids is 1. The van der Waals surface area contributed by atoms with E-state index in [9.17, 15) is 14.9 Å². The molecule has 0 atom stereocenters. The van der Waals surface area contributed by atoms with E-state index in [1.54, 1.807) is 12.1 Å². The zero-order valence-electron chi connectivity index (χ0n) is 14.8. The van der Waals surface area contributed by atoms with Crippen molar-refractivity contribution in [2.24, 2.45) is 5.16 Å². The topological polar surface area (TPSA) is 93.8 Å². The molecule has 7 nitrogen and oxygen atoms in total. The van der Waals surface area contributed by atoms with Gasteiger partial charge in [0.25, 0.3) is 11.6 Å². The number of nitro groups is 1. The number of hydrogen-bond donors (Lipinski definition) is 1. The molecular weight excluding hydrogens is 358 g/mol. The van der Waals surface area contributed by atoms with Crippen molar-refractivity contribution in [3.05, 3.63) is 94.5 Å². The highest BCUT2D eigenvalue weighted by molar-refractivity contribution is 5.96. The monoisotopic (exact) mass is 375 g/mol. The Morgan fingerprint density at radius 2 is 1.79 bits per heavy atom. The normalized spacial score (nSPS) is 10.6. The number of para-hydroxylation sites is 1. The summed E-state index contributed by atoms with van der Waals surface area (Å²) in [4.78, 5) is 27.4. The Bertz CT molecular complexity index is 1000. The van der Waals surface area contributed by atoms with Crippen LogP contribution in [0.3, 0.4) is 0 Å². The lowest BCUT2D eigenvalue weighted by Crippen LogP contribution is -2.17. The van der Waals surface area contributed by atoms with Crippen molar-refractivity contribution in [2.45, 2.75) is 0 Å². The highest BCUT2D eigenvalue weighted by atomic mass is 16.6.